The van der Waals surface area contributed by atoms with Crippen molar-refractivity contribution in [3.63, 3.8) is 0 Å². The van der Waals surface area contributed by atoms with Gasteiger partial charge in [-0.3, -0.25) is 4.79 Å². The topological polar surface area (TPSA) is 29.1 Å². The molecule has 0 radical (unpaired) electrons. The maximum atomic E-state index is 12.3. The zero-order chi connectivity index (χ0) is 13.7. The Bertz CT molecular complexity index is 427. The van der Waals surface area contributed by atoms with E-state index in [0.29, 0.717) is 18.1 Å². The number of rotatable bonds is 6. The van der Waals surface area contributed by atoms with Gasteiger partial charge >= 0.3 is 0 Å². The van der Waals surface area contributed by atoms with Crippen LogP contribution in [0.5, 0.6) is 0 Å². The van der Waals surface area contributed by atoms with Crippen molar-refractivity contribution in [1.29, 1.82) is 0 Å². The molecule has 2 rings (SSSR count). The molecule has 1 aliphatic carbocycles. The van der Waals surface area contributed by atoms with Crippen molar-refractivity contribution < 1.29 is 4.79 Å². The van der Waals surface area contributed by atoms with Gasteiger partial charge in [0, 0.05) is 18.9 Å². The number of hydrogen-bond acceptors (Lipinski definition) is 2. The number of carbonyl (C=O) groups excluding carboxylic acids is 1. The van der Waals surface area contributed by atoms with Crippen LogP contribution in [0.4, 0.5) is 0 Å². The van der Waals surface area contributed by atoms with Crippen LogP contribution < -0.4 is 5.32 Å². The highest BCUT2D eigenvalue weighted by molar-refractivity contribution is 5.81. The van der Waals surface area contributed by atoms with Crippen LogP contribution in [0.25, 0.3) is 0 Å². The first-order valence-corrected chi connectivity index (χ1v) is 7.53. The van der Waals surface area contributed by atoms with Crippen LogP contribution in [0.2, 0.25) is 0 Å². The smallest absolute Gasteiger partial charge is 0.137 e. The highest BCUT2D eigenvalue weighted by Gasteiger charge is 2.24. The van der Waals surface area contributed by atoms with Gasteiger partial charge in [0.2, 0.25) is 0 Å². The summed E-state index contributed by atoms with van der Waals surface area (Å²) in [5, 5.41) is 3.26. The molecule has 0 saturated heterocycles. The molecule has 1 aromatic carbocycles. The second-order valence-corrected chi connectivity index (χ2v) is 5.67. The normalized spacial score (nSPS) is 19.8. The number of ketones is 1. The van der Waals surface area contributed by atoms with Gasteiger partial charge in [-0.05, 0) is 42.9 Å². The highest BCUT2D eigenvalue weighted by Crippen LogP contribution is 2.34. The molecule has 2 atom stereocenters. The zero-order valence-electron chi connectivity index (χ0n) is 12.1. The molecular weight excluding hydrogens is 234 g/mol. The Morgan fingerprint density at radius 2 is 2.21 bits per heavy atom. The molecule has 0 spiro atoms. The van der Waals surface area contributed by atoms with Crippen LogP contribution in [-0.4, -0.2) is 18.9 Å². The summed E-state index contributed by atoms with van der Waals surface area (Å²) < 4.78 is 0. The van der Waals surface area contributed by atoms with Crippen molar-refractivity contribution >= 4 is 5.78 Å². The van der Waals surface area contributed by atoms with Crippen LogP contribution in [0.1, 0.15) is 50.2 Å². The summed E-state index contributed by atoms with van der Waals surface area (Å²) >= 11 is 0. The van der Waals surface area contributed by atoms with Gasteiger partial charge in [-0.25, -0.2) is 0 Å². The van der Waals surface area contributed by atoms with Gasteiger partial charge in [0.1, 0.15) is 5.78 Å². The minimum Gasteiger partial charge on any atom is -0.316 e. The molecule has 1 aliphatic rings. The Kier molecular flexibility index (Phi) is 5.15. The molecule has 2 heteroatoms. The largest absolute Gasteiger partial charge is 0.316 e. The molecule has 1 N–H and O–H groups in total. The van der Waals surface area contributed by atoms with Gasteiger partial charge in [-0.2, -0.15) is 0 Å². The third-order valence-corrected chi connectivity index (χ3v) is 4.19. The van der Waals surface area contributed by atoms with Gasteiger partial charge in [0.15, 0.2) is 0 Å². The van der Waals surface area contributed by atoms with E-state index in [1.807, 2.05) is 6.92 Å². The van der Waals surface area contributed by atoms with Crippen molar-refractivity contribution in [3.05, 3.63) is 35.4 Å². The van der Waals surface area contributed by atoms with E-state index in [4.69, 9.17) is 0 Å². The molecular formula is C17H25NO. The molecule has 2 nitrogen and oxygen atoms in total. The molecule has 0 bridgehead atoms. The fourth-order valence-corrected chi connectivity index (χ4v) is 2.99. The number of carbonyl (C=O) groups is 1. The third-order valence-electron chi connectivity index (χ3n) is 4.19. The summed E-state index contributed by atoms with van der Waals surface area (Å²) in [6, 6.07) is 8.63. The maximum absolute atomic E-state index is 12.3. The fourth-order valence-electron chi connectivity index (χ4n) is 2.99. The second kappa shape index (κ2) is 6.85. The van der Waals surface area contributed by atoms with Gasteiger partial charge < -0.3 is 5.32 Å². The highest BCUT2D eigenvalue weighted by atomic mass is 16.1. The SMILES string of the molecule is CCNCC(C)C(=O)CC1CCCc2ccccc21. The summed E-state index contributed by atoms with van der Waals surface area (Å²) in [6.45, 7) is 5.86. The molecule has 0 amide bonds. The number of nitrogens with one attached hydrogen (secondary N) is 1. The van der Waals surface area contributed by atoms with E-state index in [1.54, 1.807) is 0 Å². The van der Waals surface area contributed by atoms with E-state index in [-0.39, 0.29) is 5.92 Å². The Morgan fingerprint density at radius 3 is 3.00 bits per heavy atom. The number of benzene rings is 1. The van der Waals surface area contributed by atoms with Crippen molar-refractivity contribution in [3.8, 4) is 0 Å². The Hall–Kier alpha value is -1.15. The van der Waals surface area contributed by atoms with E-state index in [2.05, 4.69) is 36.5 Å². The number of Topliss-reactive ketones (excluding diaryl/α,β-unsaturated/α-hetero) is 1. The van der Waals surface area contributed by atoms with E-state index in [0.717, 1.165) is 19.5 Å². The molecule has 0 saturated carbocycles. The molecule has 2 unspecified atom stereocenters. The standard InChI is InChI=1S/C17H25NO/c1-3-18-12-13(2)17(19)11-15-9-6-8-14-7-4-5-10-16(14)15/h4-5,7,10,13,15,18H,3,6,8-9,11-12H2,1-2H3. The van der Waals surface area contributed by atoms with Crippen molar-refractivity contribution in [1.82, 2.24) is 5.32 Å². The number of hydrogen-bond donors (Lipinski definition) is 1. The monoisotopic (exact) mass is 259 g/mol. The van der Waals surface area contributed by atoms with Crippen LogP contribution in [0.15, 0.2) is 24.3 Å². The lowest BCUT2D eigenvalue weighted by atomic mass is 9.79. The Balaban J connectivity index is 1.98. The summed E-state index contributed by atoms with van der Waals surface area (Å²) in [4.78, 5) is 12.3. The van der Waals surface area contributed by atoms with Gasteiger partial charge in [-0.15, -0.1) is 0 Å². The quantitative estimate of drug-likeness (QED) is 0.849. The minimum atomic E-state index is 0.133. The predicted octanol–water partition coefficient (Wildman–Crippen LogP) is 3.31. The minimum absolute atomic E-state index is 0.133. The Morgan fingerprint density at radius 1 is 1.42 bits per heavy atom. The molecule has 0 heterocycles. The third kappa shape index (κ3) is 3.66. The van der Waals surface area contributed by atoms with Crippen molar-refractivity contribution in [2.75, 3.05) is 13.1 Å². The van der Waals surface area contributed by atoms with Crippen molar-refractivity contribution in [2.24, 2.45) is 5.92 Å². The van der Waals surface area contributed by atoms with Gasteiger partial charge in [0.05, 0.1) is 0 Å². The summed E-state index contributed by atoms with van der Waals surface area (Å²) in [5.41, 5.74) is 2.86. The van der Waals surface area contributed by atoms with Crippen LogP contribution >= 0.6 is 0 Å². The molecule has 104 valence electrons. The summed E-state index contributed by atoms with van der Waals surface area (Å²) in [7, 11) is 0. The van der Waals surface area contributed by atoms with Crippen LogP contribution in [0, 0.1) is 5.92 Å². The molecule has 0 fully saturated rings. The molecule has 0 aromatic heterocycles. The van der Waals surface area contributed by atoms with E-state index in [1.165, 1.54) is 24.0 Å². The first-order chi connectivity index (χ1) is 9.22. The van der Waals surface area contributed by atoms with Gasteiger partial charge in [0.25, 0.3) is 0 Å². The molecule has 1 aromatic rings. The lowest BCUT2D eigenvalue weighted by Crippen LogP contribution is -2.27. The van der Waals surface area contributed by atoms with E-state index in [9.17, 15) is 4.79 Å². The average Bonchev–Trinajstić information content (AvgIpc) is 2.45. The van der Waals surface area contributed by atoms with E-state index >= 15 is 0 Å². The number of aryl methyl sites for hydroxylation is 1. The summed E-state index contributed by atoms with van der Waals surface area (Å²) in [5.74, 6) is 0.984. The molecule has 0 aliphatic heterocycles. The lowest BCUT2D eigenvalue weighted by Gasteiger charge is -2.26. The first kappa shape index (κ1) is 14.3. The van der Waals surface area contributed by atoms with E-state index < -0.39 is 0 Å². The van der Waals surface area contributed by atoms with Crippen LogP contribution in [-0.2, 0) is 11.2 Å². The van der Waals surface area contributed by atoms with Crippen LogP contribution in [0.3, 0.4) is 0 Å². The maximum Gasteiger partial charge on any atom is 0.137 e. The summed E-state index contributed by atoms with van der Waals surface area (Å²) in [6.07, 6.45) is 4.27. The zero-order valence-corrected chi connectivity index (χ0v) is 12.1. The predicted molar refractivity (Wildman–Crippen MR) is 79.5 cm³/mol. The average molecular weight is 259 g/mol. The number of fused-ring (bicyclic) bond motifs is 1. The fraction of sp³-hybridized carbons (Fsp3) is 0.588. The molecule has 19 heavy (non-hydrogen) atoms. The first-order valence-electron chi connectivity index (χ1n) is 7.53. The second-order valence-electron chi connectivity index (χ2n) is 5.67. The Labute approximate surface area is 116 Å². The van der Waals surface area contributed by atoms with Gasteiger partial charge in [-0.1, -0.05) is 38.1 Å². The lowest BCUT2D eigenvalue weighted by molar-refractivity contribution is -0.122. The van der Waals surface area contributed by atoms with Crippen molar-refractivity contribution in [2.45, 2.75) is 45.4 Å².